The Hall–Kier alpha value is -0.730. The lowest BCUT2D eigenvalue weighted by Gasteiger charge is -2.09. The van der Waals surface area contributed by atoms with Crippen molar-refractivity contribution in [1.82, 2.24) is 10.0 Å². The highest BCUT2D eigenvalue weighted by Gasteiger charge is 2.17. The number of nitrogens with one attached hydrogen (secondary N) is 2. The van der Waals surface area contributed by atoms with Gasteiger partial charge in [0.05, 0.1) is 4.90 Å². The average molecular weight is 389 g/mol. The molecule has 0 aliphatic rings. The first-order valence-corrected chi connectivity index (χ1v) is 9.68. The number of sulfonamides is 1. The second-order valence-electron chi connectivity index (χ2n) is 4.57. The van der Waals surface area contributed by atoms with Crippen molar-refractivity contribution in [1.29, 1.82) is 0 Å². The van der Waals surface area contributed by atoms with E-state index < -0.39 is 10.0 Å². The van der Waals surface area contributed by atoms with Gasteiger partial charge < -0.3 is 5.32 Å². The van der Waals surface area contributed by atoms with E-state index in [1.165, 1.54) is 0 Å². The molecule has 114 valence electrons. The van der Waals surface area contributed by atoms with Crippen molar-refractivity contribution >= 4 is 37.3 Å². The fourth-order valence-electron chi connectivity index (χ4n) is 1.92. The third-order valence-electron chi connectivity index (χ3n) is 2.95. The third kappa shape index (κ3) is 4.62. The molecule has 2 rings (SSSR count). The van der Waals surface area contributed by atoms with Gasteiger partial charge in [0.2, 0.25) is 10.0 Å². The van der Waals surface area contributed by atoms with Gasteiger partial charge in [-0.1, -0.05) is 6.07 Å². The third-order valence-corrected chi connectivity index (χ3v) is 6.12. The van der Waals surface area contributed by atoms with Crippen LogP contribution in [0.5, 0.6) is 0 Å². The second kappa shape index (κ2) is 7.51. The van der Waals surface area contributed by atoms with E-state index >= 15 is 0 Å². The molecule has 0 saturated heterocycles. The van der Waals surface area contributed by atoms with Crippen LogP contribution in [0.1, 0.15) is 11.1 Å². The lowest BCUT2D eigenvalue weighted by atomic mass is 10.2. The van der Waals surface area contributed by atoms with E-state index in [9.17, 15) is 8.42 Å². The molecule has 7 heteroatoms. The van der Waals surface area contributed by atoms with Crippen molar-refractivity contribution in [3.05, 3.63) is 50.6 Å². The van der Waals surface area contributed by atoms with Crippen LogP contribution < -0.4 is 10.0 Å². The lowest BCUT2D eigenvalue weighted by molar-refractivity contribution is 0.581. The Balaban J connectivity index is 2.04. The minimum absolute atomic E-state index is 0.271. The first-order chi connectivity index (χ1) is 10.0. The van der Waals surface area contributed by atoms with Gasteiger partial charge in [0.15, 0.2) is 0 Å². The van der Waals surface area contributed by atoms with E-state index in [1.54, 1.807) is 17.4 Å². The van der Waals surface area contributed by atoms with Gasteiger partial charge in [-0.05, 0) is 69.5 Å². The molecule has 1 aromatic heterocycles. The normalized spacial score (nSPS) is 11.7. The van der Waals surface area contributed by atoms with Crippen molar-refractivity contribution in [3.8, 4) is 0 Å². The molecule has 1 aromatic carbocycles. The molecule has 4 nitrogen and oxygen atoms in total. The zero-order chi connectivity index (χ0) is 15.3. The van der Waals surface area contributed by atoms with Crippen LogP contribution in [-0.2, 0) is 23.0 Å². The summed E-state index contributed by atoms with van der Waals surface area (Å²) in [5.74, 6) is 0. The van der Waals surface area contributed by atoms with Gasteiger partial charge in [0.25, 0.3) is 0 Å². The van der Waals surface area contributed by atoms with E-state index in [-0.39, 0.29) is 4.90 Å². The second-order valence-corrected chi connectivity index (χ2v) is 7.94. The SMILES string of the molecule is CNCc1ccc(S(=O)(=O)NCCc2ccsc2)c(Br)c1. The maximum atomic E-state index is 12.3. The first kappa shape index (κ1) is 16.6. The smallest absolute Gasteiger partial charge is 0.241 e. The Bertz CT molecular complexity index is 685. The molecule has 21 heavy (non-hydrogen) atoms. The largest absolute Gasteiger partial charge is 0.316 e. The van der Waals surface area contributed by atoms with Gasteiger partial charge >= 0.3 is 0 Å². The van der Waals surface area contributed by atoms with Crippen LogP contribution in [0.15, 0.2) is 44.4 Å². The van der Waals surface area contributed by atoms with Gasteiger partial charge in [0.1, 0.15) is 0 Å². The molecule has 0 atom stereocenters. The van der Waals surface area contributed by atoms with Gasteiger partial charge in [-0.3, -0.25) is 0 Å². The Morgan fingerprint density at radius 3 is 2.67 bits per heavy atom. The van der Waals surface area contributed by atoms with E-state index in [0.29, 0.717) is 24.0 Å². The maximum Gasteiger partial charge on any atom is 0.241 e. The lowest BCUT2D eigenvalue weighted by Crippen LogP contribution is -2.26. The Kier molecular flexibility index (Phi) is 5.95. The van der Waals surface area contributed by atoms with E-state index in [2.05, 4.69) is 26.0 Å². The predicted octanol–water partition coefficient (Wildman–Crippen LogP) is 2.75. The number of benzene rings is 1. The summed E-state index contributed by atoms with van der Waals surface area (Å²) < 4.78 is 27.8. The molecule has 0 unspecified atom stereocenters. The fraction of sp³-hybridized carbons (Fsp3) is 0.286. The Morgan fingerprint density at radius 1 is 1.24 bits per heavy atom. The number of rotatable bonds is 7. The number of halogens is 1. The molecule has 2 aromatic rings. The van der Waals surface area contributed by atoms with Crippen LogP contribution in [-0.4, -0.2) is 22.0 Å². The average Bonchev–Trinajstić information content (AvgIpc) is 2.92. The van der Waals surface area contributed by atoms with Crippen LogP contribution in [0.2, 0.25) is 0 Å². The molecule has 0 aliphatic carbocycles. The molecule has 0 bridgehead atoms. The summed E-state index contributed by atoms with van der Waals surface area (Å²) in [6.07, 6.45) is 0.693. The highest BCUT2D eigenvalue weighted by atomic mass is 79.9. The van der Waals surface area contributed by atoms with Crippen LogP contribution in [0.3, 0.4) is 0 Å². The summed E-state index contributed by atoms with van der Waals surface area (Å²) in [6.45, 7) is 1.09. The summed E-state index contributed by atoms with van der Waals surface area (Å²) in [6, 6.07) is 7.27. The highest BCUT2D eigenvalue weighted by molar-refractivity contribution is 9.10. The molecular formula is C14H17BrN2O2S2. The molecule has 0 radical (unpaired) electrons. The number of hydrogen-bond donors (Lipinski definition) is 2. The summed E-state index contributed by atoms with van der Waals surface area (Å²) in [7, 11) is -1.64. The number of thiophene rings is 1. The van der Waals surface area contributed by atoms with E-state index in [4.69, 9.17) is 0 Å². The molecule has 0 spiro atoms. The highest BCUT2D eigenvalue weighted by Crippen LogP contribution is 2.23. The van der Waals surface area contributed by atoms with Crippen LogP contribution in [0.4, 0.5) is 0 Å². The Labute approximate surface area is 137 Å². The van der Waals surface area contributed by atoms with E-state index in [1.807, 2.05) is 36.0 Å². The summed E-state index contributed by atoms with van der Waals surface area (Å²) >= 11 is 4.95. The fourth-order valence-corrected chi connectivity index (χ4v) is 4.78. The maximum absolute atomic E-state index is 12.3. The van der Waals surface area contributed by atoms with Gasteiger partial charge in [-0.2, -0.15) is 11.3 Å². The van der Waals surface area contributed by atoms with Gasteiger partial charge in [-0.15, -0.1) is 0 Å². The summed E-state index contributed by atoms with van der Waals surface area (Å²) in [4.78, 5) is 0.271. The minimum atomic E-state index is -3.49. The van der Waals surface area contributed by atoms with Crippen LogP contribution in [0.25, 0.3) is 0 Å². The summed E-state index contributed by atoms with van der Waals surface area (Å²) in [5.41, 5.74) is 2.17. The standard InChI is InChI=1S/C14H17BrN2O2S2/c1-16-9-12-2-3-14(13(15)8-12)21(18,19)17-6-4-11-5-7-20-10-11/h2-3,5,7-8,10,16-17H,4,6,9H2,1H3. The molecule has 0 amide bonds. The predicted molar refractivity (Wildman–Crippen MR) is 90.1 cm³/mol. The van der Waals surface area contributed by atoms with Crippen molar-refractivity contribution < 1.29 is 8.42 Å². The van der Waals surface area contributed by atoms with Crippen molar-refractivity contribution in [3.63, 3.8) is 0 Å². The molecular weight excluding hydrogens is 372 g/mol. The monoisotopic (exact) mass is 388 g/mol. The van der Waals surface area contributed by atoms with Crippen LogP contribution >= 0.6 is 27.3 Å². The van der Waals surface area contributed by atoms with Crippen molar-refractivity contribution in [2.24, 2.45) is 0 Å². The van der Waals surface area contributed by atoms with Gasteiger partial charge in [0, 0.05) is 17.6 Å². The van der Waals surface area contributed by atoms with Crippen LogP contribution in [0, 0.1) is 0 Å². The zero-order valence-corrected chi connectivity index (χ0v) is 14.8. The quantitative estimate of drug-likeness (QED) is 0.766. The topological polar surface area (TPSA) is 58.2 Å². The van der Waals surface area contributed by atoms with Gasteiger partial charge in [-0.25, -0.2) is 13.1 Å². The zero-order valence-electron chi connectivity index (χ0n) is 11.6. The molecule has 0 aliphatic heterocycles. The molecule has 0 saturated carbocycles. The molecule has 0 fully saturated rings. The summed E-state index contributed by atoms with van der Waals surface area (Å²) in [5, 5.41) is 7.05. The Morgan fingerprint density at radius 2 is 2.05 bits per heavy atom. The number of hydrogen-bond acceptors (Lipinski definition) is 4. The minimum Gasteiger partial charge on any atom is -0.316 e. The first-order valence-electron chi connectivity index (χ1n) is 6.46. The van der Waals surface area contributed by atoms with Crippen molar-refractivity contribution in [2.75, 3.05) is 13.6 Å². The van der Waals surface area contributed by atoms with E-state index in [0.717, 1.165) is 11.1 Å². The van der Waals surface area contributed by atoms with Crippen molar-refractivity contribution in [2.45, 2.75) is 17.9 Å². The molecule has 2 N–H and O–H groups in total. The molecule has 1 heterocycles.